The molecular weight excluding hydrogens is 216 g/mol. The summed E-state index contributed by atoms with van der Waals surface area (Å²) in [5.41, 5.74) is 6.79. The smallest absolute Gasteiger partial charge is 0.255 e. The van der Waals surface area contributed by atoms with Crippen LogP contribution in [0, 0.1) is 6.92 Å². The molecule has 0 saturated carbocycles. The summed E-state index contributed by atoms with van der Waals surface area (Å²) in [6.07, 6.45) is 1.80. The van der Waals surface area contributed by atoms with Crippen molar-refractivity contribution < 1.29 is 9.90 Å². The van der Waals surface area contributed by atoms with Gasteiger partial charge in [-0.2, -0.15) is 0 Å². The maximum absolute atomic E-state index is 11.9. The molecule has 1 unspecified atom stereocenters. The van der Waals surface area contributed by atoms with E-state index in [-0.39, 0.29) is 17.7 Å². The first-order chi connectivity index (χ1) is 8.08. The van der Waals surface area contributed by atoms with Gasteiger partial charge in [0.15, 0.2) is 0 Å². The van der Waals surface area contributed by atoms with E-state index in [4.69, 9.17) is 5.73 Å². The molecule has 0 spiro atoms. The molecule has 17 heavy (non-hydrogen) atoms. The Bertz CT molecular complexity index is 391. The van der Waals surface area contributed by atoms with Gasteiger partial charge in [-0.05, 0) is 31.0 Å². The molecule has 0 fully saturated rings. The van der Waals surface area contributed by atoms with E-state index in [1.165, 1.54) is 0 Å². The normalized spacial score (nSPS) is 12.2. The van der Waals surface area contributed by atoms with Gasteiger partial charge in [-0.3, -0.25) is 4.79 Å². The Balaban J connectivity index is 2.75. The zero-order valence-corrected chi connectivity index (χ0v) is 10.4. The molecule has 1 rings (SSSR count). The van der Waals surface area contributed by atoms with Crippen LogP contribution >= 0.6 is 0 Å². The van der Waals surface area contributed by atoms with Gasteiger partial charge in [-0.15, -0.1) is 0 Å². The van der Waals surface area contributed by atoms with E-state index in [2.05, 4.69) is 5.32 Å². The number of carbonyl (C=O) groups excluding carboxylic acids is 1. The Labute approximate surface area is 102 Å². The quantitative estimate of drug-likeness (QED) is 0.726. The standard InChI is InChI=1S/C13H20N2O2/c1-3-4-10(8-14)15-13(17)11-6-5-9(2)7-12(11)16/h5-7,10,16H,3-4,8,14H2,1-2H3,(H,15,17). The maximum Gasteiger partial charge on any atom is 0.255 e. The third kappa shape index (κ3) is 3.75. The van der Waals surface area contributed by atoms with Crippen molar-refractivity contribution in [2.45, 2.75) is 32.7 Å². The lowest BCUT2D eigenvalue weighted by atomic mass is 10.1. The second-order valence-electron chi connectivity index (χ2n) is 4.22. The minimum absolute atomic E-state index is 0.00905. The van der Waals surface area contributed by atoms with Gasteiger partial charge in [0, 0.05) is 12.6 Å². The van der Waals surface area contributed by atoms with Crippen LogP contribution in [-0.4, -0.2) is 23.6 Å². The molecule has 0 saturated heterocycles. The Hall–Kier alpha value is -1.55. The predicted molar refractivity (Wildman–Crippen MR) is 68.1 cm³/mol. The average Bonchev–Trinajstić information content (AvgIpc) is 2.28. The molecule has 0 heterocycles. The van der Waals surface area contributed by atoms with Crippen LogP contribution < -0.4 is 11.1 Å². The van der Waals surface area contributed by atoms with Crippen LogP contribution in [0.4, 0.5) is 0 Å². The van der Waals surface area contributed by atoms with Crippen LogP contribution in [0.25, 0.3) is 0 Å². The molecule has 1 aromatic rings. The number of nitrogens with one attached hydrogen (secondary N) is 1. The number of phenolic OH excluding ortho intramolecular Hbond substituents is 1. The fraction of sp³-hybridized carbons (Fsp3) is 0.462. The van der Waals surface area contributed by atoms with Crippen molar-refractivity contribution in [2.24, 2.45) is 5.73 Å². The van der Waals surface area contributed by atoms with Crippen molar-refractivity contribution in [2.75, 3.05) is 6.54 Å². The van der Waals surface area contributed by atoms with Crippen LogP contribution in [0.3, 0.4) is 0 Å². The summed E-state index contributed by atoms with van der Waals surface area (Å²) >= 11 is 0. The summed E-state index contributed by atoms with van der Waals surface area (Å²) in [5, 5.41) is 12.5. The number of amides is 1. The van der Waals surface area contributed by atoms with Gasteiger partial charge < -0.3 is 16.2 Å². The fourth-order valence-electron chi connectivity index (χ4n) is 1.69. The van der Waals surface area contributed by atoms with Crippen LogP contribution in [0.1, 0.15) is 35.7 Å². The summed E-state index contributed by atoms with van der Waals surface area (Å²) in [7, 11) is 0. The van der Waals surface area contributed by atoms with Gasteiger partial charge in [0.05, 0.1) is 5.56 Å². The van der Waals surface area contributed by atoms with Gasteiger partial charge in [-0.1, -0.05) is 19.4 Å². The Morgan fingerprint density at radius 3 is 2.76 bits per heavy atom. The zero-order valence-electron chi connectivity index (χ0n) is 10.4. The molecule has 1 amide bonds. The van der Waals surface area contributed by atoms with Gasteiger partial charge in [-0.25, -0.2) is 0 Å². The van der Waals surface area contributed by atoms with E-state index in [0.717, 1.165) is 18.4 Å². The van der Waals surface area contributed by atoms with Gasteiger partial charge in [0.2, 0.25) is 0 Å². The van der Waals surface area contributed by atoms with Crippen LogP contribution in [0.15, 0.2) is 18.2 Å². The first-order valence-electron chi connectivity index (χ1n) is 5.89. The van der Waals surface area contributed by atoms with Crippen LogP contribution in [0.5, 0.6) is 5.75 Å². The fourth-order valence-corrected chi connectivity index (χ4v) is 1.69. The molecule has 1 aromatic carbocycles. The molecule has 4 N–H and O–H groups in total. The average molecular weight is 236 g/mol. The van der Waals surface area contributed by atoms with Crippen LogP contribution in [0.2, 0.25) is 0 Å². The topological polar surface area (TPSA) is 75.3 Å². The number of hydrogen-bond acceptors (Lipinski definition) is 3. The molecule has 0 radical (unpaired) electrons. The number of nitrogens with two attached hydrogens (primary N) is 1. The Kier molecular flexibility index (Phi) is 4.97. The van der Waals surface area contributed by atoms with E-state index in [1.807, 2.05) is 13.8 Å². The summed E-state index contributed by atoms with van der Waals surface area (Å²) in [6.45, 7) is 4.31. The minimum Gasteiger partial charge on any atom is -0.507 e. The first kappa shape index (κ1) is 13.5. The van der Waals surface area contributed by atoms with E-state index in [0.29, 0.717) is 12.1 Å². The van der Waals surface area contributed by atoms with Gasteiger partial charge in [0.25, 0.3) is 5.91 Å². The van der Waals surface area contributed by atoms with E-state index in [9.17, 15) is 9.90 Å². The second kappa shape index (κ2) is 6.25. The van der Waals surface area contributed by atoms with Crippen molar-refractivity contribution in [1.29, 1.82) is 0 Å². The molecule has 94 valence electrons. The van der Waals surface area contributed by atoms with Crippen molar-refractivity contribution in [3.8, 4) is 5.75 Å². The molecule has 1 atom stereocenters. The van der Waals surface area contributed by atoms with E-state index < -0.39 is 0 Å². The SMILES string of the molecule is CCCC(CN)NC(=O)c1ccc(C)cc1O. The number of carbonyl (C=O) groups is 1. The number of phenols is 1. The molecule has 4 heteroatoms. The number of benzene rings is 1. The third-order valence-electron chi connectivity index (χ3n) is 2.65. The van der Waals surface area contributed by atoms with E-state index >= 15 is 0 Å². The molecule has 0 aliphatic heterocycles. The molecule has 0 aromatic heterocycles. The highest BCUT2D eigenvalue weighted by Gasteiger charge is 2.14. The summed E-state index contributed by atoms with van der Waals surface area (Å²) in [4.78, 5) is 11.9. The van der Waals surface area contributed by atoms with Crippen molar-refractivity contribution in [1.82, 2.24) is 5.32 Å². The Morgan fingerprint density at radius 2 is 2.24 bits per heavy atom. The lowest BCUT2D eigenvalue weighted by Gasteiger charge is -2.16. The monoisotopic (exact) mass is 236 g/mol. The van der Waals surface area contributed by atoms with Crippen LogP contribution in [-0.2, 0) is 0 Å². The highest BCUT2D eigenvalue weighted by molar-refractivity contribution is 5.97. The molecule has 0 bridgehead atoms. The number of rotatable bonds is 5. The first-order valence-corrected chi connectivity index (χ1v) is 5.89. The summed E-state index contributed by atoms with van der Waals surface area (Å²) < 4.78 is 0. The summed E-state index contributed by atoms with van der Waals surface area (Å²) in [6, 6.07) is 4.96. The highest BCUT2D eigenvalue weighted by Crippen LogP contribution is 2.18. The van der Waals surface area contributed by atoms with Crippen molar-refractivity contribution >= 4 is 5.91 Å². The largest absolute Gasteiger partial charge is 0.507 e. The number of aromatic hydroxyl groups is 1. The minimum atomic E-state index is -0.272. The second-order valence-corrected chi connectivity index (χ2v) is 4.22. The third-order valence-corrected chi connectivity index (χ3v) is 2.65. The molecular formula is C13H20N2O2. The number of aryl methyl sites for hydroxylation is 1. The predicted octanol–water partition coefficient (Wildman–Crippen LogP) is 1.56. The molecule has 0 aliphatic rings. The highest BCUT2D eigenvalue weighted by atomic mass is 16.3. The van der Waals surface area contributed by atoms with Crippen molar-refractivity contribution in [3.05, 3.63) is 29.3 Å². The lowest BCUT2D eigenvalue weighted by Crippen LogP contribution is -2.40. The molecule has 4 nitrogen and oxygen atoms in total. The van der Waals surface area contributed by atoms with Gasteiger partial charge in [0.1, 0.15) is 5.75 Å². The van der Waals surface area contributed by atoms with E-state index in [1.54, 1.807) is 18.2 Å². The Morgan fingerprint density at radius 1 is 1.53 bits per heavy atom. The van der Waals surface area contributed by atoms with Crippen molar-refractivity contribution in [3.63, 3.8) is 0 Å². The summed E-state index contributed by atoms with van der Waals surface area (Å²) in [5.74, 6) is -0.263. The van der Waals surface area contributed by atoms with Gasteiger partial charge >= 0.3 is 0 Å². The molecule has 0 aliphatic carbocycles. The number of hydrogen-bond donors (Lipinski definition) is 3. The lowest BCUT2D eigenvalue weighted by molar-refractivity contribution is 0.0933. The zero-order chi connectivity index (χ0) is 12.8. The maximum atomic E-state index is 11.9.